The van der Waals surface area contributed by atoms with E-state index in [1.54, 1.807) is 21.0 Å². The second kappa shape index (κ2) is 9.96. The molecular weight excluding hydrogens is 436 g/mol. The minimum atomic E-state index is -2.77. The van der Waals surface area contributed by atoms with Crippen molar-refractivity contribution in [1.82, 2.24) is 0 Å². The van der Waals surface area contributed by atoms with Crippen molar-refractivity contribution in [2.24, 2.45) is 0 Å². The Kier molecular flexibility index (Phi) is 7.85. The van der Waals surface area contributed by atoms with E-state index in [1.165, 1.54) is 17.5 Å². The van der Waals surface area contributed by atoms with Crippen molar-refractivity contribution in [3.05, 3.63) is 60.7 Å². The SMILES string of the molecule is CO[C@@]1(C)O[C@H](CO)[C@@H](CO[Si](c2ccccc2)(c2ccccc2)C(C)(C)C)O[C@]1(C)OC. The van der Waals surface area contributed by atoms with Gasteiger partial charge in [-0.1, -0.05) is 81.4 Å². The van der Waals surface area contributed by atoms with Crippen LogP contribution in [-0.2, 0) is 23.4 Å². The fourth-order valence-corrected chi connectivity index (χ4v) is 9.25. The Bertz CT molecular complexity index is 847. The van der Waals surface area contributed by atoms with Crippen LogP contribution in [0.4, 0.5) is 0 Å². The van der Waals surface area contributed by atoms with Crippen LogP contribution in [0.3, 0.4) is 0 Å². The standard InChI is InChI=1S/C26H38O6Si/c1-24(2,3)33(20-14-10-8-11-15-20,21-16-12-9-13-17-21)30-19-23-22(18-27)31-25(4,28-6)26(5,29-7)32-23/h8-17,22-23,27H,18-19H2,1-7H3/t22-,23-,25+,26+/m1/s1. The zero-order valence-corrected chi connectivity index (χ0v) is 21.8. The van der Waals surface area contributed by atoms with Crippen molar-refractivity contribution in [1.29, 1.82) is 0 Å². The molecule has 1 fully saturated rings. The maximum absolute atomic E-state index is 10.1. The number of aliphatic hydroxyl groups is 1. The Balaban J connectivity index is 2.02. The van der Waals surface area contributed by atoms with Crippen LogP contribution in [0.15, 0.2) is 60.7 Å². The van der Waals surface area contributed by atoms with Gasteiger partial charge < -0.3 is 28.5 Å². The van der Waals surface area contributed by atoms with Gasteiger partial charge >= 0.3 is 0 Å². The van der Waals surface area contributed by atoms with Gasteiger partial charge in [0.15, 0.2) is 0 Å². The van der Waals surface area contributed by atoms with Crippen LogP contribution in [0.25, 0.3) is 0 Å². The van der Waals surface area contributed by atoms with E-state index < -0.39 is 32.1 Å². The van der Waals surface area contributed by atoms with Crippen molar-refractivity contribution in [3.8, 4) is 0 Å². The highest BCUT2D eigenvalue weighted by Gasteiger charge is 2.57. The summed E-state index contributed by atoms with van der Waals surface area (Å²) < 4.78 is 30.8. The van der Waals surface area contributed by atoms with E-state index in [9.17, 15) is 5.11 Å². The minimum absolute atomic E-state index is 0.175. The number of hydrogen-bond acceptors (Lipinski definition) is 6. The fourth-order valence-electron chi connectivity index (χ4n) is 4.68. The van der Waals surface area contributed by atoms with Crippen LogP contribution in [-0.4, -0.2) is 64.6 Å². The number of ether oxygens (including phenoxy) is 4. The maximum Gasteiger partial charge on any atom is 0.261 e. The normalized spacial score (nSPS) is 28.6. The molecule has 0 unspecified atom stereocenters. The molecule has 7 heteroatoms. The Morgan fingerprint density at radius 2 is 1.24 bits per heavy atom. The Labute approximate surface area is 198 Å². The lowest BCUT2D eigenvalue weighted by Gasteiger charge is -2.52. The highest BCUT2D eigenvalue weighted by atomic mass is 28.4. The summed E-state index contributed by atoms with van der Waals surface area (Å²) in [4.78, 5) is 0. The van der Waals surface area contributed by atoms with Crippen LogP contribution in [0.1, 0.15) is 34.6 Å². The number of aliphatic hydroxyl groups excluding tert-OH is 1. The first-order chi connectivity index (χ1) is 15.6. The zero-order chi connectivity index (χ0) is 24.3. The van der Waals surface area contributed by atoms with Gasteiger partial charge in [0, 0.05) is 14.2 Å². The molecule has 1 heterocycles. The van der Waals surface area contributed by atoms with E-state index >= 15 is 0 Å². The molecule has 1 N–H and O–H groups in total. The van der Waals surface area contributed by atoms with E-state index in [4.69, 9.17) is 23.4 Å². The molecule has 182 valence electrons. The lowest BCUT2D eigenvalue weighted by Crippen LogP contribution is -2.69. The molecule has 0 radical (unpaired) electrons. The van der Waals surface area contributed by atoms with Crippen molar-refractivity contribution in [3.63, 3.8) is 0 Å². The van der Waals surface area contributed by atoms with Gasteiger partial charge in [0.05, 0.1) is 13.2 Å². The van der Waals surface area contributed by atoms with Gasteiger partial charge in [-0.2, -0.15) is 0 Å². The van der Waals surface area contributed by atoms with E-state index in [0.717, 1.165) is 0 Å². The lowest BCUT2D eigenvalue weighted by molar-refractivity contribution is -0.451. The molecule has 0 aromatic heterocycles. The number of benzene rings is 2. The number of hydrogen-bond donors (Lipinski definition) is 1. The van der Waals surface area contributed by atoms with Crippen LogP contribution < -0.4 is 10.4 Å². The van der Waals surface area contributed by atoms with Crippen molar-refractivity contribution in [2.45, 2.75) is 63.4 Å². The smallest absolute Gasteiger partial charge is 0.261 e. The average molecular weight is 475 g/mol. The summed E-state index contributed by atoms with van der Waals surface area (Å²) in [5.41, 5.74) is 0. The third kappa shape index (κ3) is 4.68. The molecule has 6 nitrogen and oxygen atoms in total. The lowest BCUT2D eigenvalue weighted by atomic mass is 10.0. The maximum atomic E-state index is 10.1. The zero-order valence-electron chi connectivity index (χ0n) is 20.8. The van der Waals surface area contributed by atoms with Crippen LogP contribution in [0, 0.1) is 0 Å². The summed E-state index contributed by atoms with van der Waals surface area (Å²) in [6.45, 7) is 10.2. The molecule has 1 aliphatic rings. The molecule has 0 saturated carbocycles. The van der Waals surface area contributed by atoms with Gasteiger partial charge in [-0.15, -0.1) is 0 Å². The van der Waals surface area contributed by atoms with Crippen molar-refractivity contribution >= 4 is 18.7 Å². The summed E-state index contributed by atoms with van der Waals surface area (Å²) in [6.07, 6.45) is -1.18. The third-order valence-electron chi connectivity index (χ3n) is 6.83. The Morgan fingerprint density at radius 3 is 1.61 bits per heavy atom. The van der Waals surface area contributed by atoms with Crippen molar-refractivity contribution in [2.75, 3.05) is 27.4 Å². The monoisotopic (exact) mass is 474 g/mol. The van der Waals surface area contributed by atoms with Crippen LogP contribution in [0.5, 0.6) is 0 Å². The predicted molar refractivity (Wildman–Crippen MR) is 131 cm³/mol. The van der Waals surface area contributed by atoms with E-state index in [0.29, 0.717) is 0 Å². The van der Waals surface area contributed by atoms with E-state index in [2.05, 4.69) is 69.3 Å². The van der Waals surface area contributed by atoms with Gasteiger partial charge in [-0.25, -0.2) is 0 Å². The Hall–Kier alpha value is -1.58. The highest BCUT2D eigenvalue weighted by Crippen LogP contribution is 2.41. The second-order valence-electron chi connectivity index (χ2n) is 9.77. The van der Waals surface area contributed by atoms with Gasteiger partial charge in [-0.05, 0) is 29.3 Å². The van der Waals surface area contributed by atoms with Gasteiger partial charge in [-0.3, -0.25) is 0 Å². The first kappa shape index (κ1) is 26.0. The molecule has 1 aliphatic heterocycles. The second-order valence-corrected chi connectivity index (χ2v) is 14.1. The number of methoxy groups -OCH3 is 2. The van der Waals surface area contributed by atoms with E-state index in [-0.39, 0.29) is 18.3 Å². The molecule has 0 bridgehead atoms. The molecule has 3 rings (SSSR count). The largest absolute Gasteiger partial charge is 0.405 e. The van der Waals surface area contributed by atoms with Crippen molar-refractivity contribution < 1.29 is 28.5 Å². The third-order valence-corrected chi connectivity index (χ3v) is 11.8. The molecule has 0 aliphatic carbocycles. The molecule has 0 spiro atoms. The summed E-state index contributed by atoms with van der Waals surface area (Å²) in [6, 6.07) is 20.8. The fraction of sp³-hybridized carbons (Fsp3) is 0.538. The molecule has 4 atom stereocenters. The molecule has 2 aromatic carbocycles. The summed E-state index contributed by atoms with van der Waals surface area (Å²) in [7, 11) is 0.326. The summed E-state index contributed by atoms with van der Waals surface area (Å²) in [5.74, 6) is -2.35. The molecule has 33 heavy (non-hydrogen) atoms. The average Bonchev–Trinajstić information content (AvgIpc) is 2.82. The topological polar surface area (TPSA) is 66.4 Å². The predicted octanol–water partition coefficient (Wildman–Crippen LogP) is 3.06. The molecule has 0 amide bonds. The van der Waals surface area contributed by atoms with Gasteiger partial charge in [0.1, 0.15) is 12.2 Å². The first-order valence-corrected chi connectivity index (χ1v) is 13.3. The number of rotatable bonds is 8. The summed E-state index contributed by atoms with van der Waals surface area (Å²) >= 11 is 0. The van der Waals surface area contributed by atoms with Gasteiger partial charge in [0.2, 0.25) is 11.6 Å². The summed E-state index contributed by atoms with van der Waals surface area (Å²) in [5, 5.41) is 12.3. The van der Waals surface area contributed by atoms with Crippen LogP contribution >= 0.6 is 0 Å². The molecule has 1 saturated heterocycles. The molecular formula is C26H38O6Si. The first-order valence-electron chi connectivity index (χ1n) is 11.4. The Morgan fingerprint density at radius 1 is 0.818 bits per heavy atom. The molecule has 2 aromatic rings. The minimum Gasteiger partial charge on any atom is -0.405 e. The van der Waals surface area contributed by atoms with Crippen LogP contribution in [0.2, 0.25) is 5.04 Å². The van der Waals surface area contributed by atoms with E-state index in [1.807, 2.05) is 12.1 Å². The van der Waals surface area contributed by atoms with Gasteiger partial charge in [0.25, 0.3) is 8.32 Å². The highest BCUT2D eigenvalue weighted by molar-refractivity contribution is 6.99. The quantitative estimate of drug-likeness (QED) is 0.593.